The van der Waals surface area contributed by atoms with Gasteiger partial charge in [-0.3, -0.25) is 0 Å². The highest BCUT2D eigenvalue weighted by atomic mass is 19.2. The average Bonchev–Trinajstić information content (AvgIpc) is 2.42. The Morgan fingerprint density at radius 1 is 0.895 bits per heavy atom. The van der Waals surface area contributed by atoms with Crippen LogP contribution in [0.4, 0.5) is 8.78 Å². The number of benzene rings is 2. The Hall–Kier alpha value is -2.34. The van der Waals surface area contributed by atoms with Crippen LogP contribution in [0.5, 0.6) is 5.75 Å². The minimum absolute atomic E-state index is 0.0128. The van der Waals surface area contributed by atoms with E-state index in [1.807, 2.05) is 31.2 Å². The van der Waals surface area contributed by atoms with Gasteiger partial charge in [-0.1, -0.05) is 29.5 Å². The fraction of sp³-hybridized carbons (Fsp3) is 0.125. The van der Waals surface area contributed by atoms with Crippen molar-refractivity contribution in [3.63, 3.8) is 0 Å². The second-order valence-electron chi connectivity index (χ2n) is 4.06. The smallest absolute Gasteiger partial charge is 0.201 e. The first-order valence-electron chi connectivity index (χ1n) is 5.72. The molecule has 2 rings (SSSR count). The van der Waals surface area contributed by atoms with E-state index in [2.05, 4.69) is 11.8 Å². The molecule has 0 aliphatic rings. The molecule has 0 N–H and O–H groups in total. The van der Waals surface area contributed by atoms with Gasteiger partial charge >= 0.3 is 0 Å². The molecule has 0 saturated carbocycles. The fourth-order valence-electron chi connectivity index (χ4n) is 1.56. The number of ether oxygens (including phenoxy) is 1. The molecule has 0 atom stereocenters. The first-order chi connectivity index (χ1) is 9.11. The van der Waals surface area contributed by atoms with E-state index in [9.17, 15) is 8.78 Å². The Balaban J connectivity index is 2.35. The van der Waals surface area contributed by atoms with Gasteiger partial charge in [0.05, 0.1) is 12.7 Å². The van der Waals surface area contributed by atoms with E-state index < -0.39 is 11.6 Å². The summed E-state index contributed by atoms with van der Waals surface area (Å²) in [5.41, 5.74) is 1.88. The molecule has 1 nitrogen and oxygen atoms in total. The van der Waals surface area contributed by atoms with Crippen LogP contribution in [0.2, 0.25) is 0 Å². The Kier molecular flexibility index (Phi) is 3.82. The van der Waals surface area contributed by atoms with Gasteiger partial charge < -0.3 is 4.74 Å². The van der Waals surface area contributed by atoms with Gasteiger partial charge in [-0.05, 0) is 31.2 Å². The third kappa shape index (κ3) is 2.92. The monoisotopic (exact) mass is 258 g/mol. The standard InChI is InChI=1S/C16H12F2O/c1-11-3-5-12(6-4-11)7-8-13-9-10-14(19-2)16(18)15(13)17/h3-6,9-10H,1-2H3. The molecule has 0 fully saturated rings. The quantitative estimate of drug-likeness (QED) is 0.709. The van der Waals surface area contributed by atoms with E-state index in [0.29, 0.717) is 0 Å². The van der Waals surface area contributed by atoms with Crippen molar-refractivity contribution in [1.29, 1.82) is 0 Å². The van der Waals surface area contributed by atoms with Gasteiger partial charge in [0, 0.05) is 5.56 Å². The van der Waals surface area contributed by atoms with E-state index in [-0.39, 0.29) is 11.3 Å². The zero-order chi connectivity index (χ0) is 13.8. The molecule has 2 aromatic rings. The summed E-state index contributed by atoms with van der Waals surface area (Å²) >= 11 is 0. The second kappa shape index (κ2) is 5.53. The Labute approximate surface area is 110 Å². The maximum absolute atomic E-state index is 13.7. The van der Waals surface area contributed by atoms with Crippen molar-refractivity contribution in [2.75, 3.05) is 7.11 Å². The molecule has 0 radical (unpaired) electrons. The molecular weight excluding hydrogens is 246 g/mol. The summed E-state index contributed by atoms with van der Waals surface area (Å²) in [5, 5.41) is 0. The first kappa shape index (κ1) is 13.1. The van der Waals surface area contributed by atoms with Gasteiger partial charge in [0.1, 0.15) is 0 Å². The molecule has 0 bridgehead atoms. The predicted octanol–water partition coefficient (Wildman–Crippen LogP) is 3.68. The Morgan fingerprint density at radius 2 is 1.58 bits per heavy atom. The summed E-state index contributed by atoms with van der Waals surface area (Å²) in [6.45, 7) is 1.97. The largest absolute Gasteiger partial charge is 0.494 e. The highest BCUT2D eigenvalue weighted by Gasteiger charge is 2.12. The van der Waals surface area contributed by atoms with Crippen LogP contribution in [0.25, 0.3) is 0 Å². The number of methoxy groups -OCH3 is 1. The van der Waals surface area contributed by atoms with Crippen LogP contribution in [0, 0.1) is 30.4 Å². The van der Waals surface area contributed by atoms with Crippen LogP contribution in [0.3, 0.4) is 0 Å². The van der Waals surface area contributed by atoms with Crippen molar-refractivity contribution >= 4 is 0 Å². The molecule has 2 aromatic carbocycles. The van der Waals surface area contributed by atoms with E-state index >= 15 is 0 Å². The van der Waals surface area contributed by atoms with Crippen LogP contribution in [-0.4, -0.2) is 7.11 Å². The molecule has 0 amide bonds. The first-order valence-corrected chi connectivity index (χ1v) is 5.72. The van der Waals surface area contributed by atoms with E-state index in [1.165, 1.54) is 19.2 Å². The van der Waals surface area contributed by atoms with Gasteiger partial charge in [-0.2, -0.15) is 4.39 Å². The average molecular weight is 258 g/mol. The van der Waals surface area contributed by atoms with Crippen LogP contribution in [-0.2, 0) is 0 Å². The number of hydrogen-bond acceptors (Lipinski definition) is 1. The molecule has 0 aliphatic heterocycles. The van der Waals surface area contributed by atoms with Crippen LogP contribution in [0.15, 0.2) is 36.4 Å². The third-order valence-corrected chi connectivity index (χ3v) is 2.66. The Bertz CT molecular complexity index is 649. The van der Waals surface area contributed by atoms with Gasteiger partial charge in [0.15, 0.2) is 11.6 Å². The molecular formula is C16H12F2O. The summed E-state index contributed by atoms with van der Waals surface area (Å²) in [4.78, 5) is 0. The summed E-state index contributed by atoms with van der Waals surface area (Å²) in [5.74, 6) is 3.29. The molecule has 0 saturated heterocycles. The molecule has 0 spiro atoms. The highest BCUT2D eigenvalue weighted by molar-refractivity contribution is 5.46. The lowest BCUT2D eigenvalue weighted by molar-refractivity contribution is 0.371. The number of aryl methyl sites for hydroxylation is 1. The predicted molar refractivity (Wildman–Crippen MR) is 70.1 cm³/mol. The lowest BCUT2D eigenvalue weighted by atomic mass is 10.1. The molecule has 0 unspecified atom stereocenters. The van der Waals surface area contributed by atoms with E-state index in [1.54, 1.807) is 0 Å². The number of halogens is 2. The zero-order valence-electron chi connectivity index (χ0n) is 10.6. The molecule has 0 heterocycles. The Morgan fingerprint density at radius 3 is 2.21 bits per heavy atom. The summed E-state index contributed by atoms with van der Waals surface area (Å²) in [6.07, 6.45) is 0. The summed E-state index contributed by atoms with van der Waals surface area (Å²) in [7, 11) is 1.29. The summed E-state index contributed by atoms with van der Waals surface area (Å²) in [6, 6.07) is 10.3. The van der Waals surface area contributed by atoms with Crippen molar-refractivity contribution < 1.29 is 13.5 Å². The molecule has 0 aromatic heterocycles. The normalized spacial score (nSPS) is 9.68. The van der Waals surface area contributed by atoms with Gasteiger partial charge in [-0.15, -0.1) is 0 Å². The van der Waals surface area contributed by atoms with Crippen molar-refractivity contribution in [2.24, 2.45) is 0 Å². The van der Waals surface area contributed by atoms with Crippen LogP contribution in [0.1, 0.15) is 16.7 Å². The van der Waals surface area contributed by atoms with Gasteiger partial charge in [0.25, 0.3) is 0 Å². The maximum Gasteiger partial charge on any atom is 0.201 e. The zero-order valence-corrected chi connectivity index (χ0v) is 10.6. The summed E-state index contributed by atoms with van der Waals surface area (Å²) < 4.78 is 31.8. The lowest BCUT2D eigenvalue weighted by Gasteiger charge is -2.03. The highest BCUT2D eigenvalue weighted by Crippen LogP contribution is 2.21. The van der Waals surface area contributed by atoms with E-state index in [0.717, 1.165) is 11.1 Å². The minimum Gasteiger partial charge on any atom is -0.494 e. The molecule has 3 heteroatoms. The minimum atomic E-state index is -1.02. The maximum atomic E-state index is 13.7. The molecule has 0 aliphatic carbocycles. The number of hydrogen-bond donors (Lipinski definition) is 0. The van der Waals surface area contributed by atoms with E-state index in [4.69, 9.17) is 4.74 Å². The van der Waals surface area contributed by atoms with Crippen molar-refractivity contribution in [3.8, 4) is 17.6 Å². The SMILES string of the molecule is COc1ccc(C#Cc2ccc(C)cc2)c(F)c1F. The van der Waals surface area contributed by atoms with Crippen LogP contribution >= 0.6 is 0 Å². The number of rotatable bonds is 1. The molecule has 96 valence electrons. The van der Waals surface area contributed by atoms with Gasteiger partial charge in [-0.25, -0.2) is 4.39 Å². The fourth-order valence-corrected chi connectivity index (χ4v) is 1.56. The lowest BCUT2D eigenvalue weighted by Crippen LogP contribution is -1.95. The topological polar surface area (TPSA) is 9.23 Å². The van der Waals surface area contributed by atoms with Gasteiger partial charge in [0.2, 0.25) is 5.82 Å². The molecule has 19 heavy (non-hydrogen) atoms. The van der Waals surface area contributed by atoms with Crippen molar-refractivity contribution in [3.05, 3.63) is 64.7 Å². The van der Waals surface area contributed by atoms with Crippen molar-refractivity contribution in [1.82, 2.24) is 0 Å². The second-order valence-corrected chi connectivity index (χ2v) is 4.06. The third-order valence-electron chi connectivity index (χ3n) is 2.66. The van der Waals surface area contributed by atoms with Crippen LogP contribution < -0.4 is 4.74 Å². The van der Waals surface area contributed by atoms with Crippen molar-refractivity contribution in [2.45, 2.75) is 6.92 Å².